The molecule has 3 rings (SSSR count). The van der Waals surface area contributed by atoms with Gasteiger partial charge in [0.25, 0.3) is 5.91 Å². The highest BCUT2D eigenvalue weighted by atomic mass is 32.1. The lowest BCUT2D eigenvalue weighted by Gasteiger charge is -2.49. The summed E-state index contributed by atoms with van der Waals surface area (Å²) >= 11 is 1.51. The van der Waals surface area contributed by atoms with Gasteiger partial charge in [-0.05, 0) is 38.9 Å². The van der Waals surface area contributed by atoms with E-state index >= 15 is 0 Å². The third-order valence-electron chi connectivity index (χ3n) is 5.83. The maximum atomic E-state index is 13.0. The second-order valence-corrected chi connectivity index (χ2v) is 8.46. The van der Waals surface area contributed by atoms with E-state index < -0.39 is 0 Å². The van der Waals surface area contributed by atoms with Crippen LogP contribution in [0.1, 0.15) is 40.7 Å². The van der Waals surface area contributed by atoms with E-state index in [-0.39, 0.29) is 17.4 Å². The lowest BCUT2D eigenvalue weighted by Crippen LogP contribution is -2.62. The van der Waals surface area contributed by atoms with Gasteiger partial charge in [-0.2, -0.15) is 0 Å². The molecular formula is C19H29N3O3S. The van der Waals surface area contributed by atoms with E-state index in [1.54, 1.807) is 7.11 Å². The minimum Gasteiger partial charge on any atom is -0.379 e. The molecule has 2 aliphatic rings. The number of hydrogen-bond acceptors (Lipinski definition) is 5. The van der Waals surface area contributed by atoms with Crippen LogP contribution in [0, 0.1) is 0 Å². The van der Waals surface area contributed by atoms with Gasteiger partial charge in [-0.3, -0.25) is 14.5 Å². The van der Waals surface area contributed by atoms with Crippen LogP contribution in [0.25, 0.3) is 0 Å². The molecule has 0 aromatic carbocycles. The molecule has 1 aromatic heterocycles. The zero-order valence-electron chi connectivity index (χ0n) is 16.0. The molecule has 26 heavy (non-hydrogen) atoms. The fourth-order valence-electron chi connectivity index (χ4n) is 4.07. The van der Waals surface area contributed by atoms with Crippen molar-refractivity contribution in [3.05, 3.63) is 21.9 Å². The molecular weight excluding hydrogens is 350 g/mol. The first-order chi connectivity index (χ1) is 12.5. The van der Waals surface area contributed by atoms with Gasteiger partial charge in [-0.1, -0.05) is 0 Å². The molecule has 3 heterocycles. The minimum absolute atomic E-state index is 0.0971. The Morgan fingerprint density at radius 3 is 2.81 bits per heavy atom. The summed E-state index contributed by atoms with van der Waals surface area (Å²) in [4.78, 5) is 33.5. The Bertz CT molecular complexity index is 662. The third kappa shape index (κ3) is 3.80. The van der Waals surface area contributed by atoms with Crippen LogP contribution in [-0.2, 0) is 16.1 Å². The SMILES string of the molecule is CCN1CC[C@@]2(CCC1=O)CN(C(=O)c1ccc(COC)s1)CCN2C. The van der Waals surface area contributed by atoms with Crippen LogP contribution >= 0.6 is 11.3 Å². The van der Waals surface area contributed by atoms with Crippen molar-refractivity contribution in [2.75, 3.05) is 46.9 Å². The second-order valence-electron chi connectivity index (χ2n) is 7.29. The highest BCUT2D eigenvalue weighted by Gasteiger charge is 2.43. The molecule has 2 aliphatic heterocycles. The van der Waals surface area contributed by atoms with E-state index in [0.717, 1.165) is 48.8 Å². The number of carbonyl (C=O) groups excluding carboxylic acids is 2. The molecule has 0 radical (unpaired) electrons. The zero-order valence-corrected chi connectivity index (χ0v) is 16.8. The first-order valence-electron chi connectivity index (χ1n) is 9.35. The van der Waals surface area contributed by atoms with Gasteiger partial charge in [0.15, 0.2) is 0 Å². The summed E-state index contributed by atoms with van der Waals surface area (Å²) < 4.78 is 5.16. The fraction of sp³-hybridized carbons (Fsp3) is 0.684. The number of likely N-dealkylation sites (tertiary alicyclic amines) is 1. The number of methoxy groups -OCH3 is 1. The minimum atomic E-state index is -0.0971. The smallest absolute Gasteiger partial charge is 0.264 e. The van der Waals surface area contributed by atoms with Crippen LogP contribution in [0.2, 0.25) is 0 Å². The maximum Gasteiger partial charge on any atom is 0.264 e. The standard InChI is InChI=1S/C19H29N3O3S/c1-4-21-10-9-19(8-7-17(21)23)14-22(12-11-20(19)2)18(24)16-6-5-15(26-16)13-25-3/h5-6H,4,7-14H2,1-3H3/t19-/m0/s1. The number of carbonyl (C=O) groups is 2. The Balaban J connectivity index is 1.74. The van der Waals surface area contributed by atoms with Crippen molar-refractivity contribution < 1.29 is 14.3 Å². The maximum absolute atomic E-state index is 13.0. The predicted octanol–water partition coefficient (Wildman–Crippen LogP) is 2.05. The van der Waals surface area contributed by atoms with Crippen molar-refractivity contribution >= 4 is 23.2 Å². The number of amides is 2. The van der Waals surface area contributed by atoms with Crippen molar-refractivity contribution in [2.24, 2.45) is 0 Å². The highest BCUT2D eigenvalue weighted by Crippen LogP contribution is 2.33. The van der Waals surface area contributed by atoms with Gasteiger partial charge >= 0.3 is 0 Å². The second kappa shape index (κ2) is 8.06. The first kappa shape index (κ1) is 19.3. The van der Waals surface area contributed by atoms with Crippen molar-refractivity contribution in [3.8, 4) is 0 Å². The van der Waals surface area contributed by atoms with Gasteiger partial charge in [-0.15, -0.1) is 11.3 Å². The number of rotatable bonds is 4. The molecule has 7 heteroatoms. The van der Waals surface area contributed by atoms with Crippen LogP contribution in [0.5, 0.6) is 0 Å². The van der Waals surface area contributed by atoms with Gasteiger partial charge in [0.1, 0.15) is 0 Å². The quantitative estimate of drug-likeness (QED) is 0.804. The number of thiophene rings is 1. The summed E-state index contributed by atoms with van der Waals surface area (Å²) in [7, 11) is 3.80. The largest absolute Gasteiger partial charge is 0.379 e. The van der Waals surface area contributed by atoms with Crippen molar-refractivity contribution in [1.82, 2.24) is 14.7 Å². The monoisotopic (exact) mass is 379 g/mol. The Hall–Kier alpha value is -1.44. The van der Waals surface area contributed by atoms with Gasteiger partial charge < -0.3 is 14.5 Å². The Morgan fingerprint density at radius 1 is 1.27 bits per heavy atom. The molecule has 0 N–H and O–H groups in total. The number of ether oxygens (including phenoxy) is 1. The number of likely N-dealkylation sites (N-methyl/N-ethyl adjacent to an activating group) is 1. The third-order valence-corrected chi connectivity index (χ3v) is 6.88. The normalized spacial score (nSPS) is 25.0. The molecule has 2 fully saturated rings. The summed E-state index contributed by atoms with van der Waals surface area (Å²) in [6.07, 6.45) is 2.31. The summed E-state index contributed by atoms with van der Waals surface area (Å²) in [5.74, 6) is 0.344. The molecule has 1 aromatic rings. The van der Waals surface area contributed by atoms with E-state index in [9.17, 15) is 9.59 Å². The van der Waals surface area contributed by atoms with Crippen LogP contribution < -0.4 is 0 Å². The molecule has 1 spiro atoms. The predicted molar refractivity (Wildman–Crippen MR) is 102 cm³/mol. The van der Waals surface area contributed by atoms with E-state index in [1.165, 1.54) is 11.3 Å². The molecule has 2 saturated heterocycles. The van der Waals surface area contributed by atoms with E-state index in [0.29, 0.717) is 19.6 Å². The highest BCUT2D eigenvalue weighted by molar-refractivity contribution is 7.14. The molecule has 6 nitrogen and oxygen atoms in total. The van der Waals surface area contributed by atoms with Gasteiger partial charge in [0.2, 0.25) is 5.91 Å². The van der Waals surface area contributed by atoms with Crippen LogP contribution in [0.3, 0.4) is 0 Å². The average Bonchev–Trinajstić information content (AvgIpc) is 3.04. The van der Waals surface area contributed by atoms with E-state index in [2.05, 4.69) is 11.9 Å². The van der Waals surface area contributed by atoms with Crippen LogP contribution in [-0.4, -0.2) is 78.9 Å². The topological polar surface area (TPSA) is 53.1 Å². The molecule has 0 aliphatic carbocycles. The Kier molecular flexibility index (Phi) is 5.99. The lowest BCUT2D eigenvalue weighted by atomic mass is 9.86. The average molecular weight is 380 g/mol. The summed E-state index contributed by atoms with van der Waals surface area (Å²) in [5.41, 5.74) is -0.0971. The van der Waals surface area contributed by atoms with Crippen LogP contribution in [0.4, 0.5) is 0 Å². The molecule has 1 atom stereocenters. The fourth-order valence-corrected chi connectivity index (χ4v) is 5.02. The summed E-state index contributed by atoms with van der Waals surface area (Å²) in [5, 5.41) is 0. The first-order valence-corrected chi connectivity index (χ1v) is 10.2. The molecule has 0 bridgehead atoms. The molecule has 2 amide bonds. The molecule has 144 valence electrons. The van der Waals surface area contributed by atoms with Crippen molar-refractivity contribution in [3.63, 3.8) is 0 Å². The van der Waals surface area contributed by atoms with Crippen molar-refractivity contribution in [2.45, 2.75) is 38.3 Å². The molecule has 0 saturated carbocycles. The Morgan fingerprint density at radius 2 is 2.08 bits per heavy atom. The van der Waals surface area contributed by atoms with Crippen LogP contribution in [0.15, 0.2) is 12.1 Å². The number of hydrogen-bond donors (Lipinski definition) is 0. The van der Waals surface area contributed by atoms with Gasteiger partial charge in [0, 0.05) is 56.7 Å². The zero-order chi connectivity index (χ0) is 18.7. The molecule has 0 unspecified atom stereocenters. The summed E-state index contributed by atoms with van der Waals surface area (Å²) in [6, 6.07) is 3.87. The Labute approximate surface area is 159 Å². The van der Waals surface area contributed by atoms with Gasteiger partial charge in [0.05, 0.1) is 11.5 Å². The van der Waals surface area contributed by atoms with E-state index in [4.69, 9.17) is 4.74 Å². The number of nitrogens with zero attached hydrogens (tertiary/aromatic N) is 3. The lowest BCUT2D eigenvalue weighted by molar-refractivity contribution is -0.130. The van der Waals surface area contributed by atoms with Crippen molar-refractivity contribution in [1.29, 1.82) is 0 Å². The summed E-state index contributed by atoms with van der Waals surface area (Å²) in [6.45, 7) is 6.40. The van der Waals surface area contributed by atoms with Gasteiger partial charge in [-0.25, -0.2) is 0 Å². The van der Waals surface area contributed by atoms with E-state index in [1.807, 2.05) is 28.9 Å². The number of piperazine rings is 1.